The molecule has 0 amide bonds. The first kappa shape index (κ1) is 14.6. The normalized spacial score (nSPS) is 16.1. The molecule has 0 radical (unpaired) electrons. The van der Waals surface area contributed by atoms with E-state index in [-0.39, 0.29) is 12.4 Å². The Bertz CT molecular complexity index is 491. The van der Waals surface area contributed by atoms with Gasteiger partial charge < -0.3 is 10.1 Å². The lowest BCUT2D eigenvalue weighted by Gasteiger charge is -2.22. The van der Waals surface area contributed by atoms with Crippen molar-refractivity contribution in [1.82, 2.24) is 5.32 Å². The molecule has 0 aromatic heterocycles. The van der Waals surface area contributed by atoms with Gasteiger partial charge in [0.25, 0.3) is 0 Å². The molecule has 0 spiro atoms. The van der Waals surface area contributed by atoms with Crippen LogP contribution in [0.15, 0.2) is 12.1 Å². The molecule has 1 saturated heterocycles. The Morgan fingerprint density at radius 3 is 2.65 bits per heavy atom. The first-order valence-corrected chi connectivity index (χ1v) is 6.55. The van der Waals surface area contributed by atoms with E-state index in [1.54, 1.807) is 0 Å². The number of ether oxygens (including phenoxy) is 1. The van der Waals surface area contributed by atoms with Crippen LogP contribution in [0.4, 0.5) is 14.5 Å². The van der Waals surface area contributed by atoms with Gasteiger partial charge in [0.1, 0.15) is 0 Å². The maximum Gasteiger partial charge on any atom is 0.307 e. The van der Waals surface area contributed by atoms with Gasteiger partial charge in [-0.1, -0.05) is 0 Å². The summed E-state index contributed by atoms with van der Waals surface area (Å²) in [5.74, 6) is -1.76. The maximum atomic E-state index is 13.5. The number of nitro groups is 1. The lowest BCUT2D eigenvalue weighted by molar-refractivity contribution is -0.387. The average molecular weight is 286 g/mol. The van der Waals surface area contributed by atoms with E-state index in [2.05, 4.69) is 5.32 Å². The van der Waals surface area contributed by atoms with Gasteiger partial charge in [0, 0.05) is 6.07 Å². The predicted octanol–water partition coefficient (Wildman–Crippen LogP) is 2.64. The molecule has 1 heterocycles. The third-order valence-corrected chi connectivity index (χ3v) is 3.44. The summed E-state index contributed by atoms with van der Waals surface area (Å²) < 4.78 is 32.1. The van der Waals surface area contributed by atoms with E-state index in [9.17, 15) is 18.9 Å². The van der Waals surface area contributed by atoms with Crippen molar-refractivity contribution in [3.05, 3.63) is 33.9 Å². The SMILES string of the molecule is O=[N+]([O-])c1cc(F)c(OCCC2CCNCC2)cc1F. The Kier molecular flexibility index (Phi) is 4.84. The fourth-order valence-corrected chi connectivity index (χ4v) is 2.27. The largest absolute Gasteiger partial charge is 0.490 e. The Hall–Kier alpha value is -1.76. The van der Waals surface area contributed by atoms with Gasteiger partial charge in [-0.05, 0) is 38.3 Å². The molecular weight excluding hydrogens is 270 g/mol. The molecule has 1 aliphatic rings. The van der Waals surface area contributed by atoms with Gasteiger partial charge >= 0.3 is 5.69 Å². The molecular formula is C13H16F2N2O3. The number of piperidine rings is 1. The number of nitro benzene ring substituents is 1. The van der Waals surface area contributed by atoms with Gasteiger partial charge in [0.2, 0.25) is 5.82 Å². The number of hydrogen-bond donors (Lipinski definition) is 1. The third-order valence-electron chi connectivity index (χ3n) is 3.44. The Balaban J connectivity index is 1.92. The van der Waals surface area contributed by atoms with E-state index in [1.807, 2.05) is 0 Å². The molecule has 1 N–H and O–H groups in total. The van der Waals surface area contributed by atoms with Crippen molar-refractivity contribution in [2.24, 2.45) is 5.92 Å². The van der Waals surface area contributed by atoms with Crippen LogP contribution in [-0.2, 0) is 0 Å². The van der Waals surface area contributed by atoms with E-state index in [0.29, 0.717) is 12.0 Å². The van der Waals surface area contributed by atoms with Crippen molar-refractivity contribution in [2.45, 2.75) is 19.3 Å². The summed E-state index contributed by atoms with van der Waals surface area (Å²) in [7, 11) is 0. The minimum Gasteiger partial charge on any atom is -0.490 e. The second-order valence-electron chi connectivity index (χ2n) is 4.82. The zero-order valence-corrected chi connectivity index (χ0v) is 10.9. The topological polar surface area (TPSA) is 64.4 Å². The van der Waals surface area contributed by atoms with Crippen molar-refractivity contribution >= 4 is 5.69 Å². The predicted molar refractivity (Wildman–Crippen MR) is 68.7 cm³/mol. The van der Waals surface area contributed by atoms with Crippen molar-refractivity contribution in [1.29, 1.82) is 0 Å². The highest BCUT2D eigenvalue weighted by Crippen LogP contribution is 2.27. The van der Waals surface area contributed by atoms with Crippen LogP contribution >= 0.6 is 0 Å². The molecule has 1 fully saturated rings. The van der Waals surface area contributed by atoms with Gasteiger partial charge in [-0.2, -0.15) is 4.39 Å². The molecule has 110 valence electrons. The van der Waals surface area contributed by atoms with Crippen LogP contribution < -0.4 is 10.1 Å². The number of nitrogens with one attached hydrogen (secondary N) is 1. The van der Waals surface area contributed by atoms with Crippen LogP contribution in [0.25, 0.3) is 0 Å². The first-order valence-electron chi connectivity index (χ1n) is 6.55. The van der Waals surface area contributed by atoms with Gasteiger partial charge in [0.05, 0.1) is 17.6 Å². The van der Waals surface area contributed by atoms with Gasteiger partial charge in [0.15, 0.2) is 11.6 Å². The van der Waals surface area contributed by atoms with Crippen LogP contribution in [0.3, 0.4) is 0 Å². The molecule has 0 saturated carbocycles. The lowest BCUT2D eigenvalue weighted by Crippen LogP contribution is -2.28. The molecule has 1 aromatic carbocycles. The van der Waals surface area contributed by atoms with E-state index in [1.165, 1.54) is 0 Å². The van der Waals surface area contributed by atoms with Crippen molar-refractivity contribution < 1.29 is 18.4 Å². The van der Waals surface area contributed by atoms with Crippen molar-refractivity contribution in [2.75, 3.05) is 19.7 Å². The zero-order valence-electron chi connectivity index (χ0n) is 10.9. The maximum absolute atomic E-state index is 13.5. The lowest BCUT2D eigenvalue weighted by atomic mass is 9.95. The number of halogens is 2. The minimum absolute atomic E-state index is 0.276. The summed E-state index contributed by atoms with van der Waals surface area (Å²) in [4.78, 5) is 9.50. The smallest absolute Gasteiger partial charge is 0.307 e. The minimum atomic E-state index is -1.09. The van der Waals surface area contributed by atoms with E-state index < -0.39 is 22.2 Å². The van der Waals surface area contributed by atoms with E-state index >= 15 is 0 Å². The molecule has 1 aromatic rings. The van der Waals surface area contributed by atoms with Crippen LogP contribution in [0.1, 0.15) is 19.3 Å². The molecule has 20 heavy (non-hydrogen) atoms. The standard InChI is InChI=1S/C13H16F2N2O3/c14-10-8-13(11(15)7-12(10)17(18)19)20-6-3-9-1-4-16-5-2-9/h7-9,16H,1-6H2. The molecule has 2 rings (SSSR count). The molecule has 5 nitrogen and oxygen atoms in total. The van der Waals surface area contributed by atoms with E-state index in [4.69, 9.17) is 4.74 Å². The first-order chi connectivity index (χ1) is 9.58. The van der Waals surface area contributed by atoms with Crippen molar-refractivity contribution in [3.8, 4) is 5.75 Å². The summed E-state index contributed by atoms with van der Waals surface area (Å²) in [6.07, 6.45) is 2.85. The number of hydrogen-bond acceptors (Lipinski definition) is 4. The van der Waals surface area contributed by atoms with Crippen LogP contribution in [-0.4, -0.2) is 24.6 Å². The van der Waals surface area contributed by atoms with Crippen LogP contribution in [0.5, 0.6) is 5.75 Å². The summed E-state index contributed by atoms with van der Waals surface area (Å²) in [6, 6.07) is 1.28. The Morgan fingerprint density at radius 1 is 1.30 bits per heavy atom. The average Bonchev–Trinajstić information content (AvgIpc) is 2.43. The Morgan fingerprint density at radius 2 is 2.00 bits per heavy atom. The molecule has 0 bridgehead atoms. The quantitative estimate of drug-likeness (QED) is 0.667. The molecule has 7 heteroatoms. The summed E-state index contributed by atoms with van der Waals surface area (Å²) in [6.45, 7) is 2.20. The van der Waals surface area contributed by atoms with Gasteiger partial charge in [-0.15, -0.1) is 0 Å². The highest BCUT2D eigenvalue weighted by Gasteiger charge is 2.20. The fraction of sp³-hybridized carbons (Fsp3) is 0.538. The summed E-state index contributed by atoms with van der Waals surface area (Å²) >= 11 is 0. The van der Waals surface area contributed by atoms with E-state index in [0.717, 1.165) is 38.4 Å². The Labute approximate surface area is 115 Å². The second kappa shape index (κ2) is 6.60. The molecule has 0 unspecified atom stereocenters. The monoisotopic (exact) mass is 286 g/mol. The fourth-order valence-electron chi connectivity index (χ4n) is 2.27. The summed E-state index contributed by atoms with van der Waals surface area (Å²) in [5, 5.41) is 13.7. The molecule has 0 atom stereocenters. The van der Waals surface area contributed by atoms with Crippen molar-refractivity contribution in [3.63, 3.8) is 0 Å². The third kappa shape index (κ3) is 3.63. The second-order valence-corrected chi connectivity index (χ2v) is 4.82. The summed E-state index contributed by atoms with van der Waals surface area (Å²) in [5.41, 5.74) is -0.881. The van der Waals surface area contributed by atoms with Gasteiger partial charge in [-0.25, -0.2) is 4.39 Å². The molecule has 0 aliphatic carbocycles. The molecule has 1 aliphatic heterocycles. The van der Waals surface area contributed by atoms with Crippen LogP contribution in [0.2, 0.25) is 0 Å². The van der Waals surface area contributed by atoms with Crippen LogP contribution in [0, 0.1) is 27.7 Å². The number of nitrogens with zero attached hydrogens (tertiary/aromatic N) is 1. The zero-order chi connectivity index (χ0) is 14.5. The highest BCUT2D eigenvalue weighted by atomic mass is 19.1. The number of benzene rings is 1. The highest BCUT2D eigenvalue weighted by molar-refractivity contribution is 5.39. The number of rotatable bonds is 5. The van der Waals surface area contributed by atoms with Gasteiger partial charge in [-0.3, -0.25) is 10.1 Å².